The summed E-state index contributed by atoms with van der Waals surface area (Å²) in [5.74, 6) is 1.65. The fourth-order valence-corrected chi connectivity index (χ4v) is 3.37. The molecule has 0 radical (unpaired) electrons. The van der Waals surface area contributed by atoms with Gasteiger partial charge in [-0.2, -0.15) is 4.98 Å². The minimum atomic E-state index is 0.266. The van der Waals surface area contributed by atoms with Crippen LogP contribution in [0.2, 0.25) is 5.28 Å². The molecule has 2 heterocycles. The standard InChI is InChI=1S/C19H16ClN3O/c1-2-24-14-9-10-17-13(12-14)6-5-11-23(17)18-15-7-3-4-8-16(15)21-19(20)22-18/h2-4,7-10,12H,1,5-6,11H2. The first-order valence-corrected chi connectivity index (χ1v) is 8.24. The molecule has 1 aromatic heterocycles. The Morgan fingerprint density at radius 3 is 2.92 bits per heavy atom. The zero-order chi connectivity index (χ0) is 16.5. The number of aromatic nitrogens is 2. The average molecular weight is 338 g/mol. The quantitative estimate of drug-likeness (QED) is 0.504. The monoisotopic (exact) mass is 337 g/mol. The molecule has 0 fully saturated rings. The summed E-state index contributed by atoms with van der Waals surface area (Å²) in [6.45, 7) is 4.51. The fourth-order valence-electron chi connectivity index (χ4n) is 3.20. The highest BCUT2D eigenvalue weighted by Crippen LogP contribution is 2.37. The summed E-state index contributed by atoms with van der Waals surface area (Å²) in [5, 5.41) is 1.27. The molecule has 1 aliphatic heterocycles. The molecule has 0 atom stereocenters. The summed E-state index contributed by atoms with van der Waals surface area (Å²) in [7, 11) is 0. The Morgan fingerprint density at radius 1 is 1.17 bits per heavy atom. The van der Waals surface area contributed by atoms with Gasteiger partial charge in [0, 0.05) is 17.6 Å². The molecule has 0 spiro atoms. The van der Waals surface area contributed by atoms with Crippen LogP contribution in [-0.4, -0.2) is 16.5 Å². The second-order valence-corrected chi connectivity index (χ2v) is 6.00. The van der Waals surface area contributed by atoms with Gasteiger partial charge in [0.1, 0.15) is 11.6 Å². The number of hydrogen-bond acceptors (Lipinski definition) is 4. The van der Waals surface area contributed by atoms with Crippen molar-refractivity contribution in [3.05, 3.63) is 66.2 Å². The molecule has 120 valence electrons. The molecule has 0 aliphatic carbocycles. The average Bonchev–Trinajstić information content (AvgIpc) is 2.60. The molecule has 0 bridgehead atoms. The van der Waals surface area contributed by atoms with E-state index in [0.717, 1.165) is 47.5 Å². The van der Waals surface area contributed by atoms with Crippen LogP contribution < -0.4 is 9.64 Å². The van der Waals surface area contributed by atoms with Crippen molar-refractivity contribution >= 4 is 34.0 Å². The Hall–Kier alpha value is -2.59. The Kier molecular flexibility index (Phi) is 3.82. The van der Waals surface area contributed by atoms with Gasteiger partial charge < -0.3 is 9.64 Å². The van der Waals surface area contributed by atoms with Crippen LogP contribution in [0.3, 0.4) is 0 Å². The first kappa shape index (κ1) is 15.0. The second-order valence-electron chi connectivity index (χ2n) is 5.66. The van der Waals surface area contributed by atoms with Gasteiger partial charge in [-0.1, -0.05) is 18.7 Å². The van der Waals surface area contributed by atoms with Gasteiger partial charge in [0.05, 0.1) is 11.8 Å². The highest BCUT2D eigenvalue weighted by atomic mass is 35.5. The molecular weight excluding hydrogens is 322 g/mol. The number of para-hydroxylation sites is 1. The number of halogens is 1. The Morgan fingerprint density at radius 2 is 2.04 bits per heavy atom. The van der Waals surface area contributed by atoms with Crippen LogP contribution in [0, 0.1) is 0 Å². The third-order valence-corrected chi connectivity index (χ3v) is 4.37. The van der Waals surface area contributed by atoms with Crippen molar-refractivity contribution in [2.75, 3.05) is 11.4 Å². The van der Waals surface area contributed by atoms with E-state index in [4.69, 9.17) is 16.3 Å². The number of rotatable bonds is 3. The van der Waals surface area contributed by atoms with Gasteiger partial charge >= 0.3 is 0 Å². The highest BCUT2D eigenvalue weighted by Gasteiger charge is 2.22. The number of fused-ring (bicyclic) bond motifs is 2. The largest absolute Gasteiger partial charge is 0.466 e. The van der Waals surface area contributed by atoms with Gasteiger partial charge in [0.25, 0.3) is 0 Å². The molecular formula is C19H16ClN3O. The van der Waals surface area contributed by atoms with Crippen LogP contribution in [0.1, 0.15) is 12.0 Å². The molecule has 3 aromatic rings. The van der Waals surface area contributed by atoms with Crippen LogP contribution in [-0.2, 0) is 6.42 Å². The molecule has 1 aliphatic rings. The second kappa shape index (κ2) is 6.13. The van der Waals surface area contributed by atoms with Crippen LogP contribution in [0.4, 0.5) is 11.5 Å². The smallest absolute Gasteiger partial charge is 0.224 e. The summed E-state index contributed by atoms with van der Waals surface area (Å²) in [4.78, 5) is 11.1. The van der Waals surface area contributed by atoms with Gasteiger partial charge in [-0.05, 0) is 60.3 Å². The van der Waals surface area contributed by atoms with Crippen molar-refractivity contribution in [1.82, 2.24) is 9.97 Å². The minimum absolute atomic E-state index is 0.266. The van der Waals surface area contributed by atoms with Crippen LogP contribution in [0.25, 0.3) is 10.9 Å². The van der Waals surface area contributed by atoms with Crippen LogP contribution in [0.15, 0.2) is 55.3 Å². The van der Waals surface area contributed by atoms with Crippen molar-refractivity contribution in [2.24, 2.45) is 0 Å². The summed E-state index contributed by atoms with van der Waals surface area (Å²) in [6.07, 6.45) is 3.50. The number of anilines is 2. The third kappa shape index (κ3) is 2.59. The molecule has 24 heavy (non-hydrogen) atoms. The minimum Gasteiger partial charge on any atom is -0.466 e. The Balaban J connectivity index is 1.86. The first-order valence-electron chi connectivity index (χ1n) is 7.86. The van der Waals surface area contributed by atoms with E-state index < -0.39 is 0 Å². The van der Waals surface area contributed by atoms with E-state index in [1.165, 1.54) is 11.8 Å². The van der Waals surface area contributed by atoms with Crippen LogP contribution >= 0.6 is 11.6 Å². The summed E-state index contributed by atoms with van der Waals surface area (Å²) < 4.78 is 5.40. The topological polar surface area (TPSA) is 38.2 Å². The number of benzene rings is 2. The maximum Gasteiger partial charge on any atom is 0.224 e. The van der Waals surface area contributed by atoms with Gasteiger partial charge in [-0.15, -0.1) is 0 Å². The number of ether oxygens (including phenoxy) is 1. The predicted molar refractivity (Wildman–Crippen MR) is 97.1 cm³/mol. The third-order valence-electron chi connectivity index (χ3n) is 4.20. The molecule has 0 N–H and O–H groups in total. The van der Waals surface area contributed by atoms with Crippen LogP contribution in [0.5, 0.6) is 5.75 Å². The van der Waals surface area contributed by atoms with E-state index >= 15 is 0 Å². The van der Waals surface area contributed by atoms with E-state index in [0.29, 0.717) is 0 Å². The van der Waals surface area contributed by atoms with E-state index in [9.17, 15) is 0 Å². The van der Waals surface area contributed by atoms with Crippen molar-refractivity contribution in [2.45, 2.75) is 12.8 Å². The molecule has 0 amide bonds. The highest BCUT2D eigenvalue weighted by molar-refractivity contribution is 6.28. The zero-order valence-electron chi connectivity index (χ0n) is 13.1. The summed E-state index contributed by atoms with van der Waals surface area (Å²) in [6, 6.07) is 14.0. The predicted octanol–water partition coefficient (Wildman–Crippen LogP) is 4.89. The lowest BCUT2D eigenvalue weighted by molar-refractivity contribution is 0.482. The molecule has 4 nitrogen and oxygen atoms in total. The zero-order valence-corrected chi connectivity index (χ0v) is 13.8. The Labute approximate surface area is 145 Å². The lowest BCUT2D eigenvalue weighted by Crippen LogP contribution is -2.25. The van der Waals surface area contributed by atoms with Gasteiger partial charge in [0.15, 0.2) is 0 Å². The normalized spacial score (nSPS) is 13.6. The van der Waals surface area contributed by atoms with E-state index in [-0.39, 0.29) is 5.28 Å². The van der Waals surface area contributed by atoms with Crippen molar-refractivity contribution in [1.29, 1.82) is 0 Å². The van der Waals surface area contributed by atoms with Crippen molar-refractivity contribution < 1.29 is 4.74 Å². The molecule has 5 heteroatoms. The maximum absolute atomic E-state index is 6.16. The molecule has 4 rings (SSSR count). The van der Waals surface area contributed by atoms with Gasteiger partial charge in [-0.25, -0.2) is 4.98 Å². The summed E-state index contributed by atoms with van der Waals surface area (Å²) >= 11 is 6.16. The Bertz CT molecular complexity index is 926. The van der Waals surface area contributed by atoms with Gasteiger partial charge in [-0.3, -0.25) is 0 Å². The van der Waals surface area contributed by atoms with E-state index in [1.807, 2.05) is 30.3 Å². The molecule has 2 aromatic carbocycles. The molecule has 0 unspecified atom stereocenters. The number of aryl methyl sites for hydroxylation is 1. The lowest BCUT2D eigenvalue weighted by atomic mass is 10.0. The van der Waals surface area contributed by atoms with Gasteiger partial charge in [0.2, 0.25) is 5.28 Å². The van der Waals surface area contributed by atoms with E-state index in [1.54, 1.807) is 0 Å². The SMILES string of the molecule is C=COc1ccc2c(c1)CCCN2c1nc(Cl)nc2ccccc12. The number of hydrogen-bond donors (Lipinski definition) is 0. The molecule has 0 saturated heterocycles. The molecule has 0 saturated carbocycles. The first-order chi connectivity index (χ1) is 11.8. The van der Waals surface area contributed by atoms with Crippen molar-refractivity contribution in [3.63, 3.8) is 0 Å². The van der Waals surface area contributed by atoms with Crippen molar-refractivity contribution in [3.8, 4) is 5.75 Å². The number of nitrogens with zero attached hydrogens (tertiary/aromatic N) is 3. The fraction of sp³-hybridized carbons (Fsp3) is 0.158. The van der Waals surface area contributed by atoms with E-state index in [2.05, 4.69) is 33.6 Å². The maximum atomic E-state index is 6.16. The lowest BCUT2D eigenvalue weighted by Gasteiger charge is -2.31. The summed E-state index contributed by atoms with van der Waals surface area (Å²) in [5.41, 5.74) is 3.23.